The molecule has 9 nitrogen and oxygen atoms in total. The summed E-state index contributed by atoms with van der Waals surface area (Å²) in [7, 11) is 1.59. The zero-order valence-electron chi connectivity index (χ0n) is 29.5. The SMILES string of the molecule is COc1c(OCCCNCCCc2ccccc2)cccc1C1OC(CC(=O)NCCCN)C(=O)N(CC(C)(C)C)c2ccc(Cl)cc21.Cl.Cl. The molecule has 2 unspecified atom stereocenters. The number of amides is 2. The molecule has 3 aromatic carbocycles. The van der Waals surface area contributed by atoms with Gasteiger partial charge in [0.2, 0.25) is 5.91 Å². The van der Waals surface area contributed by atoms with E-state index in [9.17, 15) is 9.59 Å². The minimum absolute atomic E-state index is 0. The Labute approximate surface area is 314 Å². The molecule has 3 aromatic rings. The van der Waals surface area contributed by atoms with Crippen molar-refractivity contribution in [3.8, 4) is 11.5 Å². The molecule has 0 bridgehead atoms. The van der Waals surface area contributed by atoms with E-state index in [4.69, 9.17) is 31.5 Å². The number of fused-ring (bicyclic) bond motifs is 1. The van der Waals surface area contributed by atoms with Gasteiger partial charge in [-0.3, -0.25) is 9.59 Å². The van der Waals surface area contributed by atoms with Crippen LogP contribution in [0.5, 0.6) is 11.5 Å². The minimum atomic E-state index is -1.05. The summed E-state index contributed by atoms with van der Waals surface area (Å²) >= 11 is 6.56. The lowest BCUT2D eigenvalue weighted by atomic mass is 9.94. The maximum atomic E-state index is 14.2. The third kappa shape index (κ3) is 12.6. The van der Waals surface area contributed by atoms with Gasteiger partial charge in [0.05, 0.1) is 20.1 Å². The van der Waals surface area contributed by atoms with Crippen molar-refractivity contribution in [2.24, 2.45) is 11.1 Å². The summed E-state index contributed by atoms with van der Waals surface area (Å²) in [5, 5.41) is 6.87. The number of ether oxygens (including phenoxy) is 3. The van der Waals surface area contributed by atoms with Crippen molar-refractivity contribution in [3.63, 3.8) is 0 Å². The molecule has 1 aliphatic rings. The molecular formula is C38H53Cl3N4O5. The van der Waals surface area contributed by atoms with E-state index in [1.807, 2.05) is 36.4 Å². The van der Waals surface area contributed by atoms with Gasteiger partial charge in [-0.25, -0.2) is 0 Å². The van der Waals surface area contributed by atoms with E-state index in [0.717, 1.165) is 32.4 Å². The lowest BCUT2D eigenvalue weighted by molar-refractivity contribution is -0.138. The van der Waals surface area contributed by atoms with Crippen LogP contribution in [0.2, 0.25) is 5.02 Å². The molecule has 0 aromatic heterocycles. The Morgan fingerprint density at radius 2 is 1.70 bits per heavy atom. The molecule has 0 spiro atoms. The summed E-state index contributed by atoms with van der Waals surface area (Å²) in [6.45, 7) is 9.76. The number of hydrogen-bond acceptors (Lipinski definition) is 7. The largest absolute Gasteiger partial charge is 0.492 e. The first-order chi connectivity index (χ1) is 23.1. The van der Waals surface area contributed by atoms with Gasteiger partial charge in [-0.1, -0.05) is 74.8 Å². The first kappa shape index (κ1) is 43.1. The molecule has 0 radical (unpaired) electrons. The first-order valence-electron chi connectivity index (χ1n) is 16.9. The molecule has 0 fully saturated rings. The summed E-state index contributed by atoms with van der Waals surface area (Å²) in [5.74, 6) is 0.516. The number of rotatable bonds is 17. The third-order valence-corrected chi connectivity index (χ3v) is 8.26. The molecule has 4 N–H and O–H groups in total. The number of nitrogens with one attached hydrogen (secondary N) is 2. The summed E-state index contributed by atoms with van der Waals surface area (Å²) in [5.41, 5.74) is 8.79. The molecule has 2 amide bonds. The number of hydrogen-bond donors (Lipinski definition) is 3. The Hall–Kier alpha value is -3.05. The van der Waals surface area contributed by atoms with Gasteiger partial charge in [-0.15, -0.1) is 24.8 Å². The van der Waals surface area contributed by atoms with Gasteiger partial charge in [-0.05, 0) is 80.6 Å². The second kappa shape index (κ2) is 21.3. The van der Waals surface area contributed by atoms with Crippen molar-refractivity contribution in [1.29, 1.82) is 0 Å². The Morgan fingerprint density at radius 3 is 2.40 bits per heavy atom. The molecule has 12 heteroatoms. The number of anilines is 1. The number of para-hydroxylation sites is 1. The topological polar surface area (TPSA) is 115 Å². The fraction of sp³-hybridized carbons (Fsp3) is 0.474. The molecule has 50 heavy (non-hydrogen) atoms. The van der Waals surface area contributed by atoms with Crippen molar-refractivity contribution in [2.75, 3.05) is 51.3 Å². The van der Waals surface area contributed by atoms with Crippen LogP contribution in [0.4, 0.5) is 5.69 Å². The highest BCUT2D eigenvalue weighted by Gasteiger charge is 2.40. The van der Waals surface area contributed by atoms with Crippen LogP contribution in [0, 0.1) is 5.41 Å². The predicted molar refractivity (Wildman–Crippen MR) is 207 cm³/mol. The van der Waals surface area contributed by atoms with Crippen LogP contribution in [-0.2, 0) is 20.7 Å². The molecule has 0 aliphatic carbocycles. The highest BCUT2D eigenvalue weighted by Crippen LogP contribution is 2.45. The van der Waals surface area contributed by atoms with Gasteiger partial charge in [0.25, 0.3) is 5.91 Å². The van der Waals surface area contributed by atoms with Crippen molar-refractivity contribution >= 4 is 53.9 Å². The molecule has 4 rings (SSSR count). The van der Waals surface area contributed by atoms with Crippen LogP contribution < -0.4 is 30.7 Å². The van der Waals surface area contributed by atoms with E-state index in [1.165, 1.54) is 5.56 Å². The van der Waals surface area contributed by atoms with E-state index >= 15 is 0 Å². The third-order valence-electron chi connectivity index (χ3n) is 8.02. The zero-order valence-corrected chi connectivity index (χ0v) is 31.9. The average molecular weight is 752 g/mol. The normalized spacial score (nSPS) is 15.6. The van der Waals surface area contributed by atoms with Gasteiger partial charge < -0.3 is 35.5 Å². The van der Waals surface area contributed by atoms with Gasteiger partial charge >= 0.3 is 0 Å². The van der Waals surface area contributed by atoms with E-state index in [0.29, 0.717) is 66.0 Å². The van der Waals surface area contributed by atoms with Gasteiger partial charge in [0.15, 0.2) is 11.5 Å². The predicted octanol–water partition coefficient (Wildman–Crippen LogP) is 6.91. The minimum Gasteiger partial charge on any atom is -0.492 e. The zero-order chi connectivity index (χ0) is 34.5. The number of carbonyl (C=O) groups excluding carboxylic acids is 2. The van der Waals surface area contributed by atoms with Gasteiger partial charge in [-0.2, -0.15) is 0 Å². The van der Waals surface area contributed by atoms with Crippen LogP contribution in [0.25, 0.3) is 0 Å². The quantitative estimate of drug-likeness (QED) is 0.129. The van der Waals surface area contributed by atoms with Crippen LogP contribution in [-0.4, -0.2) is 64.4 Å². The second-order valence-corrected chi connectivity index (χ2v) is 13.7. The first-order valence-corrected chi connectivity index (χ1v) is 17.3. The van der Waals surface area contributed by atoms with E-state index in [1.54, 1.807) is 18.1 Å². The number of nitrogens with zero attached hydrogens (tertiary/aromatic N) is 1. The lowest BCUT2D eigenvalue weighted by Crippen LogP contribution is -2.45. The van der Waals surface area contributed by atoms with E-state index < -0.39 is 12.2 Å². The fourth-order valence-corrected chi connectivity index (χ4v) is 5.97. The number of aryl methyl sites for hydroxylation is 1. The van der Waals surface area contributed by atoms with Crippen LogP contribution >= 0.6 is 36.4 Å². The molecular weight excluding hydrogens is 699 g/mol. The monoisotopic (exact) mass is 750 g/mol. The smallest absolute Gasteiger partial charge is 0.256 e. The van der Waals surface area contributed by atoms with Crippen LogP contribution in [0.3, 0.4) is 0 Å². The maximum absolute atomic E-state index is 14.2. The number of halogens is 3. The van der Waals surface area contributed by atoms with E-state index in [-0.39, 0.29) is 48.5 Å². The summed E-state index contributed by atoms with van der Waals surface area (Å²) < 4.78 is 18.8. The Balaban J connectivity index is 0.00000433. The molecule has 0 saturated heterocycles. The highest BCUT2D eigenvalue weighted by molar-refractivity contribution is 6.30. The number of benzene rings is 3. The standard InChI is InChI=1S/C38H51ClN4O5.2ClH/c1-38(2,3)26-43-31-18-17-28(39)24-30(31)35(48-33(37(43)45)25-34(44)42-22-10-19-40)29-15-8-16-32(36(29)46-4)47-23-11-21-41-20-9-14-27-12-6-5-7-13-27;;/h5-8,12-13,15-18,24,33,35,41H,9-11,14,19-23,25-26,40H2,1-4H3,(H,42,44);2*1H. The second-order valence-electron chi connectivity index (χ2n) is 13.3. The Bertz CT molecular complexity index is 1490. The Kier molecular flexibility index (Phi) is 18.4. The highest BCUT2D eigenvalue weighted by atomic mass is 35.5. The van der Waals surface area contributed by atoms with Crippen molar-refractivity contribution in [2.45, 2.75) is 65.1 Å². The summed E-state index contributed by atoms with van der Waals surface area (Å²) in [6, 6.07) is 21.6. The van der Waals surface area contributed by atoms with Crippen molar-refractivity contribution < 1.29 is 23.8 Å². The van der Waals surface area contributed by atoms with Crippen LogP contribution in [0.1, 0.15) is 69.2 Å². The molecule has 0 saturated carbocycles. The van der Waals surface area contributed by atoms with Gasteiger partial charge in [0, 0.05) is 34.9 Å². The summed E-state index contributed by atoms with van der Waals surface area (Å²) in [4.78, 5) is 28.9. The molecule has 276 valence electrons. The molecule has 1 heterocycles. The average Bonchev–Trinajstić information content (AvgIpc) is 3.16. The fourth-order valence-electron chi connectivity index (χ4n) is 5.79. The summed E-state index contributed by atoms with van der Waals surface area (Å²) in [6.07, 6.45) is 1.61. The van der Waals surface area contributed by atoms with Crippen LogP contribution in [0.15, 0.2) is 66.7 Å². The lowest BCUT2D eigenvalue weighted by Gasteiger charge is -2.31. The number of methoxy groups -OCH3 is 1. The van der Waals surface area contributed by atoms with Gasteiger partial charge in [0.1, 0.15) is 12.2 Å². The van der Waals surface area contributed by atoms with Crippen molar-refractivity contribution in [3.05, 3.63) is 88.4 Å². The Morgan fingerprint density at radius 1 is 0.960 bits per heavy atom. The molecule has 2 atom stereocenters. The van der Waals surface area contributed by atoms with E-state index in [2.05, 4.69) is 55.7 Å². The maximum Gasteiger partial charge on any atom is 0.256 e. The van der Waals surface area contributed by atoms with Crippen molar-refractivity contribution in [1.82, 2.24) is 10.6 Å². The number of carbonyl (C=O) groups is 2. The molecule has 1 aliphatic heterocycles. The number of nitrogens with two attached hydrogens (primary N) is 1.